The molecular formula is C23H17BF2N4O3. The van der Waals surface area contributed by atoms with Gasteiger partial charge >= 0.3 is 0 Å². The van der Waals surface area contributed by atoms with E-state index in [9.17, 15) is 9.90 Å². The highest BCUT2D eigenvalue weighted by atomic mass is 19.1. The van der Waals surface area contributed by atoms with Crippen molar-refractivity contribution in [2.75, 3.05) is 7.11 Å². The zero-order chi connectivity index (χ0) is 23.5. The lowest BCUT2D eigenvalue weighted by atomic mass is 9.87. The van der Waals surface area contributed by atoms with Gasteiger partial charge in [0.25, 0.3) is 5.91 Å². The molecular weight excluding hydrogens is 429 g/mol. The summed E-state index contributed by atoms with van der Waals surface area (Å²) >= 11 is 0. The second-order valence-electron chi connectivity index (χ2n) is 7.85. The largest absolute Gasteiger partial charge is 0.497 e. The highest BCUT2D eigenvalue weighted by Gasteiger charge is 2.46. The molecule has 1 unspecified atom stereocenters. The zero-order valence-electron chi connectivity index (χ0n) is 17.7. The Balaban J connectivity index is 1.56. The van der Waals surface area contributed by atoms with Crippen molar-refractivity contribution in [2.45, 2.75) is 12.2 Å². The van der Waals surface area contributed by atoms with Gasteiger partial charge in [0.1, 0.15) is 23.0 Å². The number of ether oxygens (including phenoxy) is 1. The van der Waals surface area contributed by atoms with Crippen LogP contribution in [0.3, 0.4) is 0 Å². The zero-order valence-corrected chi connectivity index (χ0v) is 17.7. The molecule has 1 amide bonds. The molecule has 4 aromatic rings. The van der Waals surface area contributed by atoms with Crippen molar-refractivity contribution in [1.82, 2.24) is 19.7 Å². The van der Waals surface area contributed by atoms with Gasteiger partial charge in [-0.25, -0.2) is 8.78 Å². The second kappa shape index (κ2) is 7.38. The Morgan fingerprint density at radius 1 is 1.18 bits per heavy atom. The molecule has 0 fully saturated rings. The van der Waals surface area contributed by atoms with Crippen LogP contribution < -0.4 is 4.74 Å². The van der Waals surface area contributed by atoms with Crippen LogP contribution >= 0.6 is 0 Å². The van der Waals surface area contributed by atoms with Gasteiger partial charge in [-0.15, -0.1) is 0 Å². The van der Waals surface area contributed by atoms with E-state index in [1.807, 2.05) is 0 Å². The predicted octanol–water partition coefficient (Wildman–Crippen LogP) is 2.85. The highest BCUT2D eigenvalue weighted by Crippen LogP contribution is 2.37. The number of carbonyl (C=O) groups is 1. The van der Waals surface area contributed by atoms with Gasteiger partial charge < -0.3 is 14.7 Å². The molecule has 0 aliphatic carbocycles. The van der Waals surface area contributed by atoms with E-state index in [0.717, 1.165) is 4.90 Å². The van der Waals surface area contributed by atoms with Gasteiger partial charge in [0, 0.05) is 36.5 Å². The quantitative estimate of drug-likeness (QED) is 0.488. The topological polar surface area (TPSA) is 80.5 Å². The third-order valence-corrected chi connectivity index (χ3v) is 5.76. The summed E-state index contributed by atoms with van der Waals surface area (Å²) in [5, 5.41) is 15.7. The number of carbonyl (C=O) groups excluding carboxylic acids is 1. The van der Waals surface area contributed by atoms with Crippen molar-refractivity contribution in [3.63, 3.8) is 0 Å². The van der Waals surface area contributed by atoms with Gasteiger partial charge in [-0.2, -0.15) is 5.10 Å². The molecule has 5 rings (SSSR count). The average Bonchev–Trinajstić information content (AvgIpc) is 3.24. The predicted molar refractivity (Wildman–Crippen MR) is 116 cm³/mol. The molecule has 3 heterocycles. The first-order valence-electron chi connectivity index (χ1n) is 9.99. The number of fused-ring (bicyclic) bond motifs is 2. The summed E-state index contributed by atoms with van der Waals surface area (Å²) in [7, 11) is 9.16. The Labute approximate surface area is 188 Å². The monoisotopic (exact) mass is 446 g/mol. The molecule has 1 aliphatic heterocycles. The van der Waals surface area contributed by atoms with Crippen LogP contribution in [0, 0.1) is 11.6 Å². The lowest BCUT2D eigenvalue weighted by Gasteiger charge is -2.31. The number of methoxy groups -OCH3 is 1. The fourth-order valence-corrected chi connectivity index (χ4v) is 4.13. The molecule has 2 aromatic heterocycles. The Hall–Kier alpha value is -3.79. The Morgan fingerprint density at radius 3 is 2.58 bits per heavy atom. The molecule has 164 valence electrons. The maximum Gasteiger partial charge on any atom is 0.258 e. The van der Waals surface area contributed by atoms with Crippen LogP contribution in [0.1, 0.15) is 21.6 Å². The van der Waals surface area contributed by atoms with Gasteiger partial charge in [0.15, 0.2) is 7.85 Å². The Kier molecular flexibility index (Phi) is 4.71. The average molecular weight is 446 g/mol. The number of pyridine rings is 1. The molecule has 0 bridgehead atoms. The maximum absolute atomic E-state index is 15.2. The SMILES string of the molecule is [B]C1(O)c2ncccc2C(=O)N1Cc1c(F)cc(-c2cc(OC)cc3nn(C)cc23)cc1F. The van der Waals surface area contributed by atoms with Crippen molar-refractivity contribution in [1.29, 1.82) is 0 Å². The number of rotatable bonds is 4. The number of aromatic nitrogens is 3. The minimum absolute atomic E-state index is 0.0669. The molecule has 2 radical (unpaired) electrons. The number of aliphatic hydroxyl groups is 1. The summed E-state index contributed by atoms with van der Waals surface area (Å²) < 4.78 is 37.3. The van der Waals surface area contributed by atoms with Gasteiger partial charge in [-0.1, -0.05) is 0 Å². The fraction of sp³-hybridized carbons (Fsp3) is 0.174. The molecule has 1 atom stereocenters. The molecule has 1 N–H and O–H groups in total. The lowest BCUT2D eigenvalue weighted by molar-refractivity contribution is -0.0231. The first-order valence-corrected chi connectivity index (χ1v) is 9.99. The van der Waals surface area contributed by atoms with Gasteiger partial charge in [0.2, 0.25) is 0 Å². The van der Waals surface area contributed by atoms with Crippen molar-refractivity contribution < 1.29 is 23.4 Å². The van der Waals surface area contributed by atoms with Crippen LogP contribution in [0.4, 0.5) is 8.78 Å². The van der Waals surface area contributed by atoms with Crippen molar-refractivity contribution in [3.8, 4) is 16.9 Å². The first-order chi connectivity index (χ1) is 15.7. The summed E-state index contributed by atoms with van der Waals surface area (Å²) in [6.07, 6.45) is 3.12. The summed E-state index contributed by atoms with van der Waals surface area (Å²) in [6, 6.07) is 8.69. The number of amides is 1. The maximum atomic E-state index is 15.2. The molecule has 0 saturated heterocycles. The van der Waals surface area contributed by atoms with Crippen LogP contribution in [0.15, 0.2) is 48.8 Å². The molecule has 0 spiro atoms. The first kappa shape index (κ1) is 21.1. The number of benzene rings is 2. The van der Waals surface area contributed by atoms with Crippen molar-refractivity contribution in [2.24, 2.45) is 7.05 Å². The molecule has 7 nitrogen and oxygen atoms in total. The van der Waals surface area contributed by atoms with E-state index >= 15 is 8.78 Å². The van der Waals surface area contributed by atoms with E-state index in [1.165, 1.54) is 37.6 Å². The summed E-state index contributed by atoms with van der Waals surface area (Å²) in [6.45, 7) is -0.583. The third-order valence-electron chi connectivity index (χ3n) is 5.76. The van der Waals surface area contributed by atoms with E-state index in [-0.39, 0.29) is 16.8 Å². The number of nitrogens with zero attached hydrogens (tertiary/aromatic N) is 4. The van der Waals surface area contributed by atoms with Crippen LogP contribution in [0.25, 0.3) is 22.0 Å². The molecule has 33 heavy (non-hydrogen) atoms. The van der Waals surface area contributed by atoms with Crippen molar-refractivity contribution >= 4 is 24.7 Å². The summed E-state index contributed by atoms with van der Waals surface area (Å²) in [5.41, 5.74) is -1.28. The van der Waals surface area contributed by atoms with Crippen LogP contribution in [0.2, 0.25) is 0 Å². The molecule has 0 saturated carbocycles. The van der Waals surface area contributed by atoms with Gasteiger partial charge in [-0.3, -0.25) is 14.5 Å². The third kappa shape index (κ3) is 3.25. The van der Waals surface area contributed by atoms with Gasteiger partial charge in [0.05, 0.1) is 30.4 Å². The summed E-state index contributed by atoms with van der Waals surface area (Å²) in [5.74, 6) is -1.96. The number of aryl methyl sites for hydroxylation is 1. The molecule has 2 aromatic carbocycles. The van der Waals surface area contributed by atoms with Crippen LogP contribution in [-0.2, 0) is 19.2 Å². The lowest BCUT2D eigenvalue weighted by Crippen LogP contribution is -2.44. The Bertz CT molecular complexity index is 1410. The number of halogens is 2. The van der Waals surface area contributed by atoms with Crippen LogP contribution in [-0.4, -0.2) is 45.6 Å². The normalized spacial score (nSPS) is 17.6. The fourth-order valence-electron chi connectivity index (χ4n) is 4.13. The van der Waals surface area contributed by atoms with Gasteiger partial charge in [-0.05, 0) is 41.5 Å². The minimum atomic E-state index is -2.29. The second-order valence-corrected chi connectivity index (χ2v) is 7.85. The van der Waals surface area contributed by atoms with E-state index in [4.69, 9.17) is 12.6 Å². The molecule has 1 aliphatic rings. The van der Waals surface area contributed by atoms with E-state index < -0.39 is 35.3 Å². The minimum Gasteiger partial charge on any atom is -0.497 e. The number of hydrogen-bond acceptors (Lipinski definition) is 5. The molecule has 10 heteroatoms. The van der Waals surface area contributed by atoms with Crippen molar-refractivity contribution in [3.05, 3.63) is 77.2 Å². The standard InChI is InChI=1S/C23H17BF2N4O3/c1-29-10-16-15(8-13(33-2)9-20(16)28-29)12-6-18(25)17(19(26)7-12)11-30-22(31)14-4-3-5-27-21(14)23(30,24)32/h3-10,32H,11H2,1-2H3. The summed E-state index contributed by atoms with van der Waals surface area (Å²) in [4.78, 5) is 17.5. The van der Waals surface area contributed by atoms with Crippen LogP contribution in [0.5, 0.6) is 5.75 Å². The smallest absolute Gasteiger partial charge is 0.258 e. The highest BCUT2D eigenvalue weighted by molar-refractivity contribution is 6.19. The van der Waals surface area contributed by atoms with E-state index in [0.29, 0.717) is 22.2 Å². The Morgan fingerprint density at radius 2 is 1.91 bits per heavy atom. The van der Waals surface area contributed by atoms with E-state index in [1.54, 1.807) is 30.1 Å². The number of hydrogen-bond donors (Lipinski definition) is 1. The van der Waals surface area contributed by atoms with E-state index in [2.05, 4.69) is 10.1 Å².